The van der Waals surface area contributed by atoms with Crippen molar-refractivity contribution in [2.24, 2.45) is 0 Å². The van der Waals surface area contributed by atoms with E-state index in [9.17, 15) is 0 Å². The van der Waals surface area contributed by atoms with Crippen LogP contribution in [0.15, 0.2) is 18.2 Å². The van der Waals surface area contributed by atoms with Crippen LogP contribution in [0.2, 0.25) is 0 Å². The van der Waals surface area contributed by atoms with Gasteiger partial charge in [-0.25, -0.2) is 0 Å². The van der Waals surface area contributed by atoms with Gasteiger partial charge in [0.1, 0.15) is 12.4 Å². The fourth-order valence-electron chi connectivity index (χ4n) is 2.47. The van der Waals surface area contributed by atoms with E-state index in [1.165, 1.54) is 37.1 Å². The van der Waals surface area contributed by atoms with Gasteiger partial charge in [0.15, 0.2) is 0 Å². The Morgan fingerprint density at radius 1 is 1.05 bits per heavy atom. The monoisotopic (exact) mass is 263 g/mol. The molecule has 3 nitrogen and oxygen atoms in total. The molecule has 0 spiro atoms. The van der Waals surface area contributed by atoms with Gasteiger partial charge in [-0.3, -0.25) is 0 Å². The average molecular weight is 263 g/mol. The highest BCUT2D eigenvalue weighted by Crippen LogP contribution is 2.18. The summed E-state index contributed by atoms with van der Waals surface area (Å²) in [6.45, 7) is 9.82. The van der Waals surface area contributed by atoms with Crippen LogP contribution in [-0.2, 0) is 4.74 Å². The summed E-state index contributed by atoms with van der Waals surface area (Å²) in [5, 5.41) is 0. The fourth-order valence-corrected chi connectivity index (χ4v) is 2.47. The summed E-state index contributed by atoms with van der Waals surface area (Å²) < 4.78 is 11.3. The minimum Gasteiger partial charge on any atom is -0.491 e. The first-order valence-corrected chi connectivity index (χ1v) is 7.26. The van der Waals surface area contributed by atoms with Gasteiger partial charge in [-0.05, 0) is 51.4 Å². The topological polar surface area (TPSA) is 21.7 Å². The number of aryl methyl sites for hydroxylation is 2. The van der Waals surface area contributed by atoms with Crippen LogP contribution in [0.1, 0.15) is 24.0 Å². The zero-order valence-corrected chi connectivity index (χ0v) is 12.2. The molecule has 1 aliphatic heterocycles. The first kappa shape index (κ1) is 14.4. The van der Waals surface area contributed by atoms with Gasteiger partial charge >= 0.3 is 0 Å². The molecule has 1 heterocycles. The van der Waals surface area contributed by atoms with Gasteiger partial charge in [0.25, 0.3) is 0 Å². The molecule has 0 unspecified atom stereocenters. The predicted octanol–water partition coefficient (Wildman–Crippen LogP) is 2.79. The number of nitrogens with zero attached hydrogens (tertiary/aromatic N) is 1. The summed E-state index contributed by atoms with van der Waals surface area (Å²) in [5.74, 6) is 0.966. The van der Waals surface area contributed by atoms with Crippen LogP contribution in [0.4, 0.5) is 0 Å². The molecule has 19 heavy (non-hydrogen) atoms. The number of hydrogen-bond acceptors (Lipinski definition) is 3. The smallest absolute Gasteiger partial charge is 0.122 e. The molecule has 0 aliphatic carbocycles. The highest BCUT2D eigenvalue weighted by Gasteiger charge is 2.10. The fraction of sp³-hybridized carbons (Fsp3) is 0.625. The molecule has 1 aromatic carbocycles. The van der Waals surface area contributed by atoms with E-state index < -0.39 is 0 Å². The molecule has 1 fully saturated rings. The number of likely N-dealkylation sites (tertiary alicyclic amines) is 1. The zero-order valence-electron chi connectivity index (χ0n) is 12.2. The van der Waals surface area contributed by atoms with Crippen molar-refractivity contribution in [3.8, 4) is 5.75 Å². The van der Waals surface area contributed by atoms with Gasteiger partial charge in [0.2, 0.25) is 0 Å². The lowest BCUT2D eigenvalue weighted by Gasteiger charge is -2.14. The van der Waals surface area contributed by atoms with Crippen LogP contribution >= 0.6 is 0 Å². The molecule has 2 rings (SSSR count). The summed E-state index contributed by atoms with van der Waals surface area (Å²) in [5.41, 5.74) is 2.46. The molecule has 0 saturated carbocycles. The van der Waals surface area contributed by atoms with Gasteiger partial charge in [0, 0.05) is 6.54 Å². The molecule has 1 aromatic rings. The van der Waals surface area contributed by atoms with Gasteiger partial charge < -0.3 is 14.4 Å². The molecule has 0 aromatic heterocycles. The summed E-state index contributed by atoms with van der Waals surface area (Å²) in [6.07, 6.45) is 2.69. The molecular formula is C16H25NO2. The van der Waals surface area contributed by atoms with E-state index in [0.29, 0.717) is 13.2 Å². The third-order valence-corrected chi connectivity index (χ3v) is 3.57. The standard InChI is InChI=1S/C16H25NO2/c1-14-5-6-16(15(2)13-14)19-12-11-18-10-9-17-7-3-4-8-17/h5-6,13H,3-4,7-12H2,1-2H3. The second-order valence-electron chi connectivity index (χ2n) is 5.28. The molecule has 3 heteroatoms. The second-order valence-corrected chi connectivity index (χ2v) is 5.28. The molecule has 0 atom stereocenters. The molecule has 0 N–H and O–H groups in total. The molecule has 106 valence electrons. The van der Waals surface area contributed by atoms with Gasteiger partial charge in [0.05, 0.1) is 13.2 Å². The van der Waals surface area contributed by atoms with E-state index >= 15 is 0 Å². The molecule has 1 aliphatic rings. The number of benzene rings is 1. The summed E-state index contributed by atoms with van der Waals surface area (Å²) in [6, 6.07) is 6.26. The Morgan fingerprint density at radius 3 is 2.58 bits per heavy atom. The Hall–Kier alpha value is -1.06. The van der Waals surface area contributed by atoms with Crippen molar-refractivity contribution in [3.05, 3.63) is 29.3 Å². The highest BCUT2D eigenvalue weighted by atomic mass is 16.5. The largest absolute Gasteiger partial charge is 0.491 e. The zero-order chi connectivity index (χ0) is 13.5. The van der Waals surface area contributed by atoms with Gasteiger partial charge in [-0.1, -0.05) is 17.7 Å². The molecule has 0 amide bonds. The predicted molar refractivity (Wildman–Crippen MR) is 77.9 cm³/mol. The Labute approximate surface area is 116 Å². The lowest BCUT2D eigenvalue weighted by molar-refractivity contribution is 0.0844. The van der Waals surface area contributed by atoms with Crippen molar-refractivity contribution < 1.29 is 9.47 Å². The maximum absolute atomic E-state index is 5.73. The molecular weight excluding hydrogens is 238 g/mol. The van der Waals surface area contributed by atoms with Crippen molar-refractivity contribution in [1.29, 1.82) is 0 Å². The molecule has 0 bridgehead atoms. The Morgan fingerprint density at radius 2 is 1.84 bits per heavy atom. The van der Waals surface area contributed by atoms with Gasteiger partial charge in [-0.2, -0.15) is 0 Å². The maximum atomic E-state index is 5.73. The SMILES string of the molecule is Cc1ccc(OCCOCCN2CCCC2)c(C)c1. The highest BCUT2D eigenvalue weighted by molar-refractivity contribution is 5.35. The van der Waals surface area contributed by atoms with Crippen molar-refractivity contribution in [1.82, 2.24) is 4.90 Å². The van der Waals surface area contributed by atoms with Crippen molar-refractivity contribution in [3.63, 3.8) is 0 Å². The molecule has 0 radical (unpaired) electrons. The van der Waals surface area contributed by atoms with Gasteiger partial charge in [-0.15, -0.1) is 0 Å². The van der Waals surface area contributed by atoms with E-state index in [1.807, 2.05) is 6.07 Å². The Balaban J connectivity index is 1.56. The lowest BCUT2D eigenvalue weighted by atomic mass is 10.1. The minimum atomic E-state index is 0.629. The summed E-state index contributed by atoms with van der Waals surface area (Å²) in [4.78, 5) is 2.46. The lowest BCUT2D eigenvalue weighted by Crippen LogP contribution is -2.24. The first-order chi connectivity index (χ1) is 9.25. The number of hydrogen-bond donors (Lipinski definition) is 0. The van der Waals surface area contributed by atoms with Crippen LogP contribution in [0.25, 0.3) is 0 Å². The quantitative estimate of drug-likeness (QED) is 0.706. The van der Waals surface area contributed by atoms with Crippen LogP contribution < -0.4 is 4.74 Å². The van der Waals surface area contributed by atoms with E-state index in [4.69, 9.17) is 9.47 Å². The third-order valence-electron chi connectivity index (χ3n) is 3.57. The van der Waals surface area contributed by atoms with Crippen LogP contribution in [0, 0.1) is 13.8 Å². The van der Waals surface area contributed by atoms with E-state index in [0.717, 1.165) is 18.9 Å². The number of ether oxygens (including phenoxy) is 2. The van der Waals surface area contributed by atoms with E-state index in [-0.39, 0.29) is 0 Å². The second kappa shape index (κ2) is 7.51. The third kappa shape index (κ3) is 4.84. The minimum absolute atomic E-state index is 0.629. The van der Waals surface area contributed by atoms with Crippen molar-refractivity contribution in [2.45, 2.75) is 26.7 Å². The summed E-state index contributed by atoms with van der Waals surface area (Å²) in [7, 11) is 0. The Kier molecular flexibility index (Phi) is 5.67. The molecule has 1 saturated heterocycles. The summed E-state index contributed by atoms with van der Waals surface area (Å²) >= 11 is 0. The Bertz CT molecular complexity index is 386. The van der Waals surface area contributed by atoms with Crippen molar-refractivity contribution >= 4 is 0 Å². The van der Waals surface area contributed by atoms with Crippen LogP contribution in [0.5, 0.6) is 5.75 Å². The van der Waals surface area contributed by atoms with E-state index in [2.05, 4.69) is 30.9 Å². The van der Waals surface area contributed by atoms with E-state index in [1.54, 1.807) is 0 Å². The first-order valence-electron chi connectivity index (χ1n) is 7.26. The number of rotatable bonds is 7. The normalized spacial score (nSPS) is 15.9. The van der Waals surface area contributed by atoms with Crippen LogP contribution in [-0.4, -0.2) is 44.4 Å². The van der Waals surface area contributed by atoms with Crippen LogP contribution in [0.3, 0.4) is 0 Å². The van der Waals surface area contributed by atoms with Crippen molar-refractivity contribution in [2.75, 3.05) is 39.5 Å². The maximum Gasteiger partial charge on any atom is 0.122 e. The average Bonchev–Trinajstić information content (AvgIpc) is 2.89.